The maximum absolute atomic E-state index is 9.09. The quantitative estimate of drug-likeness (QED) is 0.171. The van der Waals surface area contributed by atoms with Crippen LogP contribution in [0.25, 0.3) is 106 Å². The number of hydrogen-bond donors (Lipinski definition) is 0. The molecule has 0 aliphatic heterocycles. The van der Waals surface area contributed by atoms with Crippen LogP contribution in [0, 0.1) is 0 Å². The zero-order valence-electron chi connectivity index (χ0n) is 38.5. The molecule has 0 spiro atoms. The van der Waals surface area contributed by atoms with Gasteiger partial charge in [-0.2, -0.15) is 0 Å². The normalized spacial score (nSPS) is 13.8. The van der Waals surface area contributed by atoms with E-state index in [1.165, 1.54) is 0 Å². The fraction of sp³-hybridized carbons (Fsp3) is 0. The van der Waals surface area contributed by atoms with E-state index in [1.807, 2.05) is 121 Å². The highest BCUT2D eigenvalue weighted by Crippen LogP contribution is 2.39. The second kappa shape index (κ2) is 13.0. The van der Waals surface area contributed by atoms with Crippen LogP contribution in [0.1, 0.15) is 12.3 Å². The largest absolute Gasteiger partial charge is 0.456 e. The molecule has 0 N–H and O–H groups in total. The van der Waals surface area contributed by atoms with Gasteiger partial charge in [-0.3, -0.25) is 0 Å². The summed E-state index contributed by atoms with van der Waals surface area (Å²) in [6.07, 6.45) is 0. The lowest BCUT2D eigenvalue weighted by molar-refractivity contribution is 0.669. The summed E-state index contributed by atoms with van der Waals surface area (Å²) in [5.41, 5.74) is 6.91. The fourth-order valence-electron chi connectivity index (χ4n) is 7.47. The van der Waals surface area contributed by atoms with Gasteiger partial charge in [0.15, 0.2) is 17.5 Å². The highest BCUT2D eigenvalue weighted by atomic mass is 16.3. The molecule has 0 saturated carbocycles. The molecule has 0 aliphatic rings. The molecule has 56 heavy (non-hydrogen) atoms. The van der Waals surface area contributed by atoms with E-state index in [2.05, 4.69) is 0 Å². The minimum atomic E-state index is -0.524. The predicted octanol–water partition coefficient (Wildman–Crippen LogP) is 13.2. The number of furan rings is 1. The highest BCUT2D eigenvalue weighted by molar-refractivity contribution is 6.13. The van der Waals surface area contributed by atoms with Crippen LogP contribution in [0.2, 0.25) is 0 Å². The predicted molar refractivity (Wildman–Crippen MR) is 229 cm³/mol. The molecule has 0 amide bonds. The number of rotatable bonds is 6. The molecule has 262 valence electrons. The monoisotopic (exact) mass is 725 g/mol. The van der Waals surface area contributed by atoms with Crippen molar-refractivity contribution in [1.29, 1.82) is 0 Å². The zero-order valence-corrected chi connectivity index (χ0v) is 29.5. The molecule has 0 aliphatic carbocycles. The molecule has 0 unspecified atom stereocenters. The van der Waals surface area contributed by atoms with Gasteiger partial charge in [-0.1, -0.05) is 151 Å². The van der Waals surface area contributed by atoms with E-state index in [4.69, 9.17) is 31.7 Å². The molecular formula is C51H32N4O. The van der Waals surface area contributed by atoms with Crippen molar-refractivity contribution in [2.45, 2.75) is 0 Å². The van der Waals surface area contributed by atoms with Crippen molar-refractivity contribution in [3.8, 4) is 62.1 Å². The standard InChI is InChI=1S/C51H32N4O/c1-3-13-34(14-4-1)40-21-12-22-44-41-19-7-9-23-45(41)55(48(40)44)39-28-25-33(26-29-39)36-17-11-18-37(31-36)50-52-49(35-15-5-2-6-16-35)53-51(54-50)38-27-30-43-42-20-8-10-24-46(42)56-47(43)32-38/h1-32H/i1D,3D,4D,7D,9D,13D,14D,19D,23D. The van der Waals surface area contributed by atoms with Gasteiger partial charge in [0, 0.05) is 49.5 Å². The van der Waals surface area contributed by atoms with Crippen molar-refractivity contribution >= 4 is 43.7 Å². The fourth-order valence-corrected chi connectivity index (χ4v) is 7.47. The zero-order chi connectivity index (χ0) is 44.8. The van der Waals surface area contributed by atoms with Crippen molar-refractivity contribution in [1.82, 2.24) is 19.5 Å². The SMILES string of the molecule is [2H]c1c([2H])c([2H])c(-c2cccc3c4c([2H])c([2H])c([2H])c([2H])c4n(-c4ccc(-c5cccc(-c6nc(-c7ccccc7)nc(-c7ccc8c(c7)oc7ccccc78)n6)c5)cc4)c23)c([2H])c1[2H]. The van der Waals surface area contributed by atoms with Crippen molar-refractivity contribution in [2.75, 3.05) is 0 Å². The summed E-state index contributed by atoms with van der Waals surface area (Å²) in [4.78, 5) is 14.9. The van der Waals surface area contributed by atoms with Crippen molar-refractivity contribution in [3.05, 3.63) is 194 Å². The van der Waals surface area contributed by atoms with Gasteiger partial charge < -0.3 is 8.98 Å². The van der Waals surface area contributed by atoms with E-state index in [0.717, 1.165) is 49.8 Å². The number of para-hydroxylation sites is 3. The van der Waals surface area contributed by atoms with Crippen molar-refractivity contribution in [2.24, 2.45) is 0 Å². The molecule has 0 radical (unpaired) electrons. The minimum absolute atomic E-state index is 0.0404. The Labute approximate surface area is 335 Å². The molecule has 11 aromatic rings. The Hall–Kier alpha value is -7.63. The third-order valence-corrected chi connectivity index (χ3v) is 10.1. The van der Waals surface area contributed by atoms with E-state index >= 15 is 0 Å². The molecule has 0 bridgehead atoms. The third-order valence-electron chi connectivity index (χ3n) is 10.1. The molecule has 3 aromatic heterocycles. The average molecular weight is 726 g/mol. The van der Waals surface area contributed by atoms with Crippen LogP contribution in [0.4, 0.5) is 0 Å². The van der Waals surface area contributed by atoms with Gasteiger partial charge in [0.25, 0.3) is 0 Å². The summed E-state index contributed by atoms with van der Waals surface area (Å²) >= 11 is 0. The molecule has 0 saturated heterocycles. The smallest absolute Gasteiger partial charge is 0.164 e. The summed E-state index contributed by atoms with van der Waals surface area (Å²) in [5.74, 6) is 1.46. The molecule has 8 aromatic carbocycles. The Morgan fingerprint density at radius 2 is 1.04 bits per heavy atom. The van der Waals surface area contributed by atoms with Crippen LogP contribution in [0.15, 0.2) is 198 Å². The van der Waals surface area contributed by atoms with E-state index in [0.29, 0.717) is 34.1 Å². The molecule has 3 heterocycles. The Bertz CT molecular complexity index is 3750. The lowest BCUT2D eigenvalue weighted by Gasteiger charge is -2.13. The number of nitrogens with zero attached hydrogens (tertiary/aromatic N) is 4. The van der Waals surface area contributed by atoms with Crippen LogP contribution in [-0.2, 0) is 0 Å². The van der Waals surface area contributed by atoms with Crippen molar-refractivity contribution in [3.63, 3.8) is 0 Å². The summed E-state index contributed by atoms with van der Waals surface area (Å²) in [6.45, 7) is 0. The van der Waals surface area contributed by atoms with Gasteiger partial charge in [0.1, 0.15) is 11.2 Å². The second-order valence-corrected chi connectivity index (χ2v) is 13.4. The van der Waals surface area contributed by atoms with Crippen LogP contribution < -0.4 is 0 Å². The molecule has 0 atom stereocenters. The molecule has 0 fully saturated rings. The van der Waals surface area contributed by atoms with Crippen LogP contribution in [0.5, 0.6) is 0 Å². The Morgan fingerprint density at radius 3 is 1.88 bits per heavy atom. The number of aromatic nitrogens is 4. The van der Waals surface area contributed by atoms with E-state index in [9.17, 15) is 0 Å². The molecule has 5 heteroatoms. The number of hydrogen-bond acceptors (Lipinski definition) is 4. The first-order valence-corrected chi connectivity index (χ1v) is 18.0. The van der Waals surface area contributed by atoms with E-state index < -0.39 is 42.3 Å². The molecule has 11 rings (SSSR count). The Kier molecular flexibility index (Phi) is 5.57. The first-order chi connectivity index (χ1) is 31.5. The second-order valence-electron chi connectivity index (χ2n) is 13.4. The first kappa shape index (κ1) is 23.9. The third kappa shape index (κ3) is 5.37. The number of benzene rings is 8. The summed E-state index contributed by atoms with van der Waals surface area (Å²) in [5, 5.41) is 2.72. The summed E-state index contributed by atoms with van der Waals surface area (Å²) < 4.78 is 85.9. The Morgan fingerprint density at radius 1 is 0.411 bits per heavy atom. The molecular weight excluding hydrogens is 685 g/mol. The van der Waals surface area contributed by atoms with Crippen LogP contribution >= 0.6 is 0 Å². The van der Waals surface area contributed by atoms with Crippen molar-refractivity contribution < 1.29 is 16.8 Å². The number of fused-ring (bicyclic) bond motifs is 6. The van der Waals surface area contributed by atoms with Gasteiger partial charge in [-0.05, 0) is 59.1 Å². The highest BCUT2D eigenvalue weighted by Gasteiger charge is 2.18. The van der Waals surface area contributed by atoms with Gasteiger partial charge >= 0.3 is 0 Å². The van der Waals surface area contributed by atoms with E-state index in [1.54, 1.807) is 22.8 Å². The van der Waals surface area contributed by atoms with Gasteiger partial charge in [0.05, 0.1) is 23.4 Å². The molecule has 5 nitrogen and oxygen atoms in total. The maximum atomic E-state index is 9.09. The average Bonchev–Trinajstić information content (AvgIpc) is 3.90. The maximum Gasteiger partial charge on any atom is 0.164 e. The lowest BCUT2D eigenvalue weighted by Crippen LogP contribution is -2.00. The summed E-state index contributed by atoms with van der Waals surface area (Å²) in [7, 11) is 0. The van der Waals surface area contributed by atoms with Gasteiger partial charge in [-0.25, -0.2) is 15.0 Å². The van der Waals surface area contributed by atoms with Gasteiger partial charge in [0.2, 0.25) is 0 Å². The lowest BCUT2D eigenvalue weighted by atomic mass is 10.0. The Balaban J connectivity index is 1.05. The summed E-state index contributed by atoms with van der Waals surface area (Å²) in [6, 6.07) is 40.3. The van der Waals surface area contributed by atoms with Crippen LogP contribution in [0.3, 0.4) is 0 Å². The van der Waals surface area contributed by atoms with E-state index in [-0.39, 0.29) is 34.1 Å². The van der Waals surface area contributed by atoms with Crippen LogP contribution in [-0.4, -0.2) is 19.5 Å². The first-order valence-electron chi connectivity index (χ1n) is 22.5. The van der Waals surface area contributed by atoms with Gasteiger partial charge in [-0.15, -0.1) is 0 Å². The topological polar surface area (TPSA) is 56.7 Å². The minimum Gasteiger partial charge on any atom is -0.456 e.